The number of hydrogen-bond acceptors (Lipinski definition) is 6. The summed E-state index contributed by atoms with van der Waals surface area (Å²) < 4.78 is 27.3. The molecule has 2 N–H and O–H groups in total. The van der Waals surface area contributed by atoms with Crippen LogP contribution in [-0.2, 0) is 9.47 Å². The molecule has 1 aliphatic rings. The molecule has 0 aliphatic carbocycles. The van der Waals surface area contributed by atoms with Crippen LogP contribution < -0.4 is 24.8 Å². The van der Waals surface area contributed by atoms with Crippen molar-refractivity contribution in [1.82, 2.24) is 10.6 Å². The first-order valence-corrected chi connectivity index (χ1v) is 10.2. The molecule has 0 bridgehead atoms. The zero-order chi connectivity index (χ0) is 20.7. The molecule has 8 heteroatoms. The Morgan fingerprint density at radius 2 is 1.69 bits per heavy atom. The number of ether oxygens (including phenoxy) is 5. The maximum atomic E-state index is 5.79. The van der Waals surface area contributed by atoms with Crippen LogP contribution in [0.25, 0.3) is 0 Å². The lowest BCUT2D eigenvalue weighted by atomic mass is 10.1. The predicted octanol–water partition coefficient (Wildman–Crippen LogP) is 2.08. The number of methoxy groups -OCH3 is 2. The monoisotopic (exact) mass is 409 g/mol. The van der Waals surface area contributed by atoms with Crippen LogP contribution in [0.4, 0.5) is 0 Å². The van der Waals surface area contributed by atoms with Gasteiger partial charge >= 0.3 is 0 Å². The van der Waals surface area contributed by atoms with Crippen molar-refractivity contribution in [2.75, 3.05) is 67.4 Å². The highest BCUT2D eigenvalue weighted by Crippen LogP contribution is 2.27. The molecule has 1 unspecified atom stereocenters. The summed E-state index contributed by atoms with van der Waals surface area (Å²) in [5, 5.41) is 6.59. The van der Waals surface area contributed by atoms with Crippen LogP contribution in [0.3, 0.4) is 0 Å². The lowest BCUT2D eigenvalue weighted by Crippen LogP contribution is -2.38. The number of hydrogen-bond donors (Lipinski definition) is 2. The summed E-state index contributed by atoms with van der Waals surface area (Å²) in [6.07, 6.45) is 2.89. The molecule has 1 saturated heterocycles. The van der Waals surface area contributed by atoms with Crippen LogP contribution in [0.15, 0.2) is 23.2 Å². The normalized spacial score (nSPS) is 16.5. The third kappa shape index (κ3) is 9.23. The highest BCUT2D eigenvalue weighted by molar-refractivity contribution is 5.79. The van der Waals surface area contributed by atoms with Crippen LogP contribution in [0.5, 0.6) is 17.2 Å². The molecule has 29 heavy (non-hydrogen) atoms. The Labute approximate surface area is 173 Å². The molecular formula is C21H35N3O5. The van der Waals surface area contributed by atoms with Crippen LogP contribution in [0, 0.1) is 5.92 Å². The van der Waals surface area contributed by atoms with E-state index in [0.29, 0.717) is 24.0 Å². The molecule has 1 heterocycles. The Bertz CT molecular complexity index is 584. The molecule has 1 fully saturated rings. The number of benzene rings is 1. The van der Waals surface area contributed by atoms with Crippen LogP contribution in [-0.4, -0.2) is 73.4 Å². The first-order chi connectivity index (χ1) is 14.2. The van der Waals surface area contributed by atoms with Crippen molar-refractivity contribution in [2.24, 2.45) is 10.9 Å². The van der Waals surface area contributed by atoms with Crippen LogP contribution in [0.2, 0.25) is 0 Å². The fourth-order valence-corrected chi connectivity index (χ4v) is 2.90. The van der Waals surface area contributed by atoms with Crippen molar-refractivity contribution in [3.05, 3.63) is 18.2 Å². The smallest absolute Gasteiger partial charge is 0.190 e. The Morgan fingerprint density at radius 1 is 1.03 bits per heavy atom. The zero-order valence-electron chi connectivity index (χ0n) is 17.9. The van der Waals surface area contributed by atoms with Gasteiger partial charge in [0.25, 0.3) is 0 Å². The first kappa shape index (κ1) is 23.1. The van der Waals surface area contributed by atoms with E-state index < -0.39 is 0 Å². The molecule has 0 spiro atoms. The quantitative estimate of drug-likeness (QED) is 0.293. The second-order valence-electron chi connectivity index (χ2n) is 6.83. The Hall–Kier alpha value is -2.19. The van der Waals surface area contributed by atoms with Gasteiger partial charge in [-0.1, -0.05) is 0 Å². The average molecular weight is 410 g/mol. The van der Waals surface area contributed by atoms with Gasteiger partial charge in [0.05, 0.1) is 34.0 Å². The van der Waals surface area contributed by atoms with E-state index in [1.807, 2.05) is 18.2 Å². The van der Waals surface area contributed by atoms with Gasteiger partial charge in [0.15, 0.2) is 5.96 Å². The minimum absolute atomic E-state index is 0.567. The molecule has 0 saturated carbocycles. The van der Waals surface area contributed by atoms with Gasteiger partial charge in [-0.3, -0.25) is 4.99 Å². The molecule has 8 nitrogen and oxygen atoms in total. The number of aliphatic imine (C=N–C) groups is 1. The summed E-state index contributed by atoms with van der Waals surface area (Å²) in [4.78, 5) is 4.23. The third-order valence-corrected chi connectivity index (χ3v) is 4.57. The van der Waals surface area contributed by atoms with Crippen molar-refractivity contribution in [2.45, 2.75) is 19.3 Å². The summed E-state index contributed by atoms with van der Waals surface area (Å²) in [5.41, 5.74) is 0. The third-order valence-electron chi connectivity index (χ3n) is 4.57. The van der Waals surface area contributed by atoms with Crippen LogP contribution >= 0.6 is 0 Å². The summed E-state index contributed by atoms with van der Waals surface area (Å²) in [6.45, 7) is 5.42. The second-order valence-corrected chi connectivity index (χ2v) is 6.83. The van der Waals surface area contributed by atoms with E-state index in [2.05, 4.69) is 15.6 Å². The largest absolute Gasteiger partial charge is 0.496 e. The van der Waals surface area contributed by atoms with E-state index in [4.69, 9.17) is 23.7 Å². The van der Waals surface area contributed by atoms with Gasteiger partial charge in [0.2, 0.25) is 0 Å². The highest BCUT2D eigenvalue weighted by Gasteiger charge is 2.15. The summed E-state index contributed by atoms with van der Waals surface area (Å²) >= 11 is 0. The molecule has 2 rings (SSSR count). The highest BCUT2D eigenvalue weighted by atomic mass is 16.5. The van der Waals surface area contributed by atoms with E-state index >= 15 is 0 Å². The van der Waals surface area contributed by atoms with Crippen molar-refractivity contribution in [3.63, 3.8) is 0 Å². The lowest BCUT2D eigenvalue weighted by molar-refractivity contribution is 0.0888. The van der Waals surface area contributed by atoms with Gasteiger partial charge in [-0.15, -0.1) is 0 Å². The van der Waals surface area contributed by atoms with E-state index in [1.165, 1.54) is 0 Å². The summed E-state index contributed by atoms with van der Waals surface area (Å²) in [6, 6.07) is 5.51. The SMILES string of the molecule is CN=C(NCCCOCC1CCOC1)NCCCOc1cc(OC)cc(OC)c1. The first-order valence-electron chi connectivity index (χ1n) is 10.2. The molecule has 1 aliphatic heterocycles. The van der Waals surface area contributed by atoms with E-state index in [-0.39, 0.29) is 0 Å². The summed E-state index contributed by atoms with van der Waals surface area (Å²) in [5.74, 6) is 3.51. The number of rotatable bonds is 13. The number of guanidine groups is 1. The topological polar surface area (TPSA) is 82.6 Å². The molecular weight excluding hydrogens is 374 g/mol. The fourth-order valence-electron chi connectivity index (χ4n) is 2.90. The standard InChI is InChI=1S/C21H35N3O5/c1-22-21(23-7-4-9-27-15-17-6-11-28-16-17)24-8-5-10-29-20-13-18(25-2)12-19(14-20)26-3/h12-14,17H,4-11,15-16H2,1-3H3,(H2,22,23,24). The maximum Gasteiger partial charge on any atom is 0.190 e. The summed E-state index contributed by atoms with van der Waals surface area (Å²) in [7, 11) is 5.01. The lowest BCUT2D eigenvalue weighted by Gasteiger charge is -2.13. The maximum absolute atomic E-state index is 5.79. The van der Waals surface area contributed by atoms with E-state index in [9.17, 15) is 0 Å². The van der Waals surface area contributed by atoms with Crippen molar-refractivity contribution < 1.29 is 23.7 Å². The number of nitrogens with one attached hydrogen (secondary N) is 2. The zero-order valence-corrected chi connectivity index (χ0v) is 17.9. The molecule has 0 aromatic heterocycles. The van der Waals surface area contributed by atoms with Gasteiger partial charge in [-0.2, -0.15) is 0 Å². The van der Waals surface area contributed by atoms with Crippen molar-refractivity contribution >= 4 is 5.96 Å². The number of nitrogens with zero attached hydrogens (tertiary/aromatic N) is 1. The van der Waals surface area contributed by atoms with E-state index in [1.54, 1.807) is 21.3 Å². The molecule has 0 radical (unpaired) electrons. The van der Waals surface area contributed by atoms with Crippen molar-refractivity contribution in [3.8, 4) is 17.2 Å². The van der Waals surface area contributed by atoms with Crippen LogP contribution in [0.1, 0.15) is 19.3 Å². The van der Waals surface area contributed by atoms with Gasteiger partial charge < -0.3 is 34.3 Å². The Balaban J connectivity index is 1.52. The average Bonchev–Trinajstić information content (AvgIpc) is 3.27. The van der Waals surface area contributed by atoms with Crippen molar-refractivity contribution in [1.29, 1.82) is 0 Å². The minimum Gasteiger partial charge on any atom is -0.496 e. The molecule has 0 amide bonds. The Kier molecular flexibility index (Phi) is 11.1. The Morgan fingerprint density at radius 3 is 2.28 bits per heavy atom. The molecule has 1 atom stereocenters. The molecule has 1 aromatic carbocycles. The van der Waals surface area contributed by atoms with Gasteiger partial charge in [-0.05, 0) is 19.3 Å². The van der Waals surface area contributed by atoms with Gasteiger partial charge in [0, 0.05) is 57.5 Å². The van der Waals surface area contributed by atoms with Gasteiger partial charge in [0.1, 0.15) is 17.2 Å². The predicted molar refractivity (Wildman–Crippen MR) is 113 cm³/mol. The molecule has 1 aromatic rings. The fraction of sp³-hybridized carbons (Fsp3) is 0.667. The van der Waals surface area contributed by atoms with Gasteiger partial charge in [-0.25, -0.2) is 0 Å². The minimum atomic E-state index is 0.567. The molecule has 164 valence electrons. The second kappa shape index (κ2) is 13.9. The van der Waals surface area contributed by atoms with E-state index in [0.717, 1.165) is 70.5 Å².